The standard InChI is InChI=1S/C4H7O2S2/c1-4-2-7(5)3-8(4)6/h4H,1-3H2. The SMILES string of the molecule is [CH2]C1C[S+]([O-])C[S+]1[O-]. The van der Waals surface area contributed by atoms with E-state index in [1.54, 1.807) is 0 Å². The quantitative estimate of drug-likeness (QED) is 0.444. The van der Waals surface area contributed by atoms with Crippen LogP contribution in [0.3, 0.4) is 0 Å². The maximum atomic E-state index is 10.6. The maximum Gasteiger partial charge on any atom is 0.253 e. The summed E-state index contributed by atoms with van der Waals surface area (Å²) in [5.41, 5.74) is 0. The highest BCUT2D eigenvalue weighted by atomic mass is 32.3. The van der Waals surface area contributed by atoms with Gasteiger partial charge in [0, 0.05) is 29.3 Å². The van der Waals surface area contributed by atoms with E-state index < -0.39 is 22.4 Å². The summed E-state index contributed by atoms with van der Waals surface area (Å²) in [6, 6.07) is 0. The molecule has 3 unspecified atom stereocenters. The van der Waals surface area contributed by atoms with Gasteiger partial charge in [0.15, 0.2) is 11.0 Å². The zero-order valence-electron chi connectivity index (χ0n) is 4.33. The van der Waals surface area contributed by atoms with Gasteiger partial charge in [0.2, 0.25) is 0 Å². The van der Waals surface area contributed by atoms with Crippen LogP contribution in [0.25, 0.3) is 0 Å². The molecular weight excluding hydrogens is 144 g/mol. The minimum absolute atomic E-state index is 0.0872. The van der Waals surface area contributed by atoms with E-state index in [2.05, 4.69) is 6.92 Å². The first-order valence-corrected chi connectivity index (χ1v) is 5.12. The minimum atomic E-state index is -0.909. The van der Waals surface area contributed by atoms with Gasteiger partial charge in [-0.3, -0.25) is 0 Å². The van der Waals surface area contributed by atoms with Crippen molar-refractivity contribution < 1.29 is 9.11 Å². The Morgan fingerprint density at radius 2 is 2.12 bits per heavy atom. The van der Waals surface area contributed by atoms with Gasteiger partial charge in [-0.1, -0.05) is 0 Å². The molecule has 47 valence electrons. The molecule has 0 amide bonds. The van der Waals surface area contributed by atoms with Crippen LogP contribution in [0, 0.1) is 6.92 Å². The molecule has 1 aliphatic heterocycles. The summed E-state index contributed by atoms with van der Waals surface area (Å²) in [6.45, 7) is 3.58. The molecule has 0 bridgehead atoms. The molecule has 1 radical (unpaired) electrons. The molecule has 0 aromatic carbocycles. The van der Waals surface area contributed by atoms with Crippen molar-refractivity contribution in [2.24, 2.45) is 0 Å². The molecule has 1 heterocycles. The molecule has 8 heavy (non-hydrogen) atoms. The van der Waals surface area contributed by atoms with E-state index in [9.17, 15) is 9.11 Å². The minimum Gasteiger partial charge on any atom is -0.613 e. The smallest absolute Gasteiger partial charge is 0.253 e. The molecule has 0 spiro atoms. The lowest BCUT2D eigenvalue weighted by atomic mass is 10.6. The Hall–Kier alpha value is 0.620. The third kappa shape index (κ3) is 1.31. The van der Waals surface area contributed by atoms with Gasteiger partial charge in [0.05, 0.1) is 0 Å². The first kappa shape index (κ1) is 6.74. The highest BCUT2D eigenvalue weighted by Gasteiger charge is 2.35. The van der Waals surface area contributed by atoms with Crippen molar-refractivity contribution in [2.45, 2.75) is 5.25 Å². The van der Waals surface area contributed by atoms with Crippen LogP contribution in [0.4, 0.5) is 0 Å². The molecule has 0 aromatic heterocycles. The van der Waals surface area contributed by atoms with Crippen molar-refractivity contribution in [1.82, 2.24) is 0 Å². The molecule has 1 fully saturated rings. The second kappa shape index (κ2) is 2.47. The van der Waals surface area contributed by atoms with Crippen LogP contribution in [0.2, 0.25) is 0 Å². The number of rotatable bonds is 0. The Kier molecular flexibility index (Phi) is 2.08. The second-order valence-corrected chi connectivity index (χ2v) is 5.31. The van der Waals surface area contributed by atoms with E-state index in [-0.39, 0.29) is 5.25 Å². The summed E-state index contributed by atoms with van der Waals surface area (Å²) >= 11 is -1.75. The molecule has 0 aromatic rings. The lowest BCUT2D eigenvalue weighted by Crippen LogP contribution is -2.13. The van der Waals surface area contributed by atoms with Crippen LogP contribution >= 0.6 is 0 Å². The van der Waals surface area contributed by atoms with Crippen molar-refractivity contribution in [2.75, 3.05) is 10.8 Å². The summed E-state index contributed by atoms with van der Waals surface area (Å²) in [7, 11) is 0. The van der Waals surface area contributed by atoms with E-state index in [4.69, 9.17) is 0 Å². The third-order valence-electron chi connectivity index (χ3n) is 0.991. The Labute approximate surface area is 55.0 Å². The van der Waals surface area contributed by atoms with E-state index in [0.717, 1.165) is 0 Å². The van der Waals surface area contributed by atoms with Crippen molar-refractivity contribution >= 4 is 22.4 Å². The van der Waals surface area contributed by atoms with Gasteiger partial charge in [-0.2, -0.15) is 0 Å². The lowest BCUT2D eigenvalue weighted by Gasteiger charge is -2.00. The monoisotopic (exact) mass is 151 g/mol. The van der Waals surface area contributed by atoms with Gasteiger partial charge in [0.25, 0.3) is 5.08 Å². The highest BCUT2D eigenvalue weighted by Crippen LogP contribution is 2.16. The van der Waals surface area contributed by atoms with Crippen molar-refractivity contribution in [3.05, 3.63) is 6.92 Å². The van der Waals surface area contributed by atoms with Crippen LogP contribution < -0.4 is 0 Å². The fourth-order valence-electron chi connectivity index (χ4n) is 0.557. The van der Waals surface area contributed by atoms with Gasteiger partial charge in [-0.05, 0) is 0 Å². The van der Waals surface area contributed by atoms with Crippen molar-refractivity contribution in [3.63, 3.8) is 0 Å². The summed E-state index contributed by atoms with van der Waals surface area (Å²) < 4.78 is 21.2. The summed E-state index contributed by atoms with van der Waals surface area (Å²) in [6.07, 6.45) is 0. The van der Waals surface area contributed by atoms with Crippen LogP contribution in [0.15, 0.2) is 0 Å². The average molecular weight is 151 g/mol. The number of hydrogen-bond acceptors (Lipinski definition) is 2. The topological polar surface area (TPSA) is 46.1 Å². The maximum absolute atomic E-state index is 10.6. The van der Waals surface area contributed by atoms with E-state index >= 15 is 0 Å². The predicted octanol–water partition coefficient (Wildman–Crippen LogP) is -0.342. The van der Waals surface area contributed by atoms with Gasteiger partial charge in [-0.15, -0.1) is 0 Å². The summed E-state index contributed by atoms with van der Waals surface area (Å²) in [5.74, 6) is 0.520. The first-order valence-electron chi connectivity index (χ1n) is 2.25. The third-order valence-corrected chi connectivity index (χ3v) is 4.87. The largest absolute Gasteiger partial charge is 0.613 e. The Morgan fingerprint density at radius 3 is 2.25 bits per heavy atom. The summed E-state index contributed by atoms with van der Waals surface area (Å²) in [5, 5.41) is 0.254. The molecule has 1 rings (SSSR count). The molecular formula is C4H7O2S2. The molecule has 3 atom stereocenters. The Morgan fingerprint density at radius 1 is 1.50 bits per heavy atom. The fraction of sp³-hybridized carbons (Fsp3) is 0.750. The second-order valence-electron chi connectivity index (χ2n) is 1.73. The van der Waals surface area contributed by atoms with Crippen LogP contribution in [0.1, 0.15) is 0 Å². The van der Waals surface area contributed by atoms with Crippen LogP contribution in [-0.2, 0) is 22.4 Å². The van der Waals surface area contributed by atoms with Gasteiger partial charge in [-0.25, -0.2) is 0 Å². The van der Waals surface area contributed by atoms with Crippen LogP contribution in [0.5, 0.6) is 0 Å². The average Bonchev–Trinajstić information content (AvgIpc) is 1.85. The molecule has 1 aliphatic rings. The highest BCUT2D eigenvalue weighted by molar-refractivity contribution is 8.11. The van der Waals surface area contributed by atoms with Gasteiger partial charge in [0.1, 0.15) is 0 Å². The van der Waals surface area contributed by atoms with Crippen molar-refractivity contribution in [1.29, 1.82) is 0 Å². The van der Waals surface area contributed by atoms with Gasteiger partial charge >= 0.3 is 0 Å². The Bertz CT molecular complexity index is 78.1. The Balaban J connectivity index is 2.39. The van der Waals surface area contributed by atoms with E-state index in [1.807, 2.05) is 0 Å². The molecule has 0 aliphatic carbocycles. The molecule has 2 nitrogen and oxygen atoms in total. The van der Waals surface area contributed by atoms with Crippen molar-refractivity contribution in [3.8, 4) is 0 Å². The molecule has 4 heteroatoms. The van der Waals surface area contributed by atoms with Gasteiger partial charge < -0.3 is 9.11 Å². The van der Waals surface area contributed by atoms with E-state index in [0.29, 0.717) is 10.8 Å². The zero-order chi connectivity index (χ0) is 6.15. The molecule has 1 saturated heterocycles. The fourth-order valence-corrected chi connectivity index (χ4v) is 4.23. The lowest BCUT2D eigenvalue weighted by molar-refractivity contribution is 0.596. The van der Waals surface area contributed by atoms with Crippen LogP contribution in [-0.4, -0.2) is 25.2 Å². The number of hydrogen-bond donors (Lipinski definition) is 0. The predicted molar refractivity (Wildman–Crippen MR) is 35.2 cm³/mol. The zero-order valence-corrected chi connectivity index (χ0v) is 5.96. The first-order chi connectivity index (χ1) is 3.70. The summed E-state index contributed by atoms with van der Waals surface area (Å²) in [4.78, 5) is 0. The van der Waals surface area contributed by atoms with E-state index in [1.165, 1.54) is 0 Å². The molecule has 0 saturated carbocycles. The normalized spacial score (nSPS) is 47.6. The molecule has 0 N–H and O–H groups in total.